The number of aliphatic imine (C=N–C) groups is 1. The second-order valence-corrected chi connectivity index (χ2v) is 7.71. The third kappa shape index (κ3) is 7.73. The molecule has 0 spiro atoms. The molecule has 2 fully saturated rings. The van der Waals surface area contributed by atoms with Gasteiger partial charge in [-0.25, -0.2) is 4.39 Å². The Bertz CT molecular complexity index is 669. The zero-order valence-corrected chi connectivity index (χ0v) is 19.5. The normalized spacial score (nSPS) is 21.2. The molecule has 0 radical (unpaired) electrons. The Balaban J connectivity index is 0.00000300. The second-order valence-electron chi connectivity index (χ2n) is 7.71. The molecule has 1 unspecified atom stereocenters. The number of likely N-dealkylation sites (tertiary alicyclic amines) is 1. The third-order valence-corrected chi connectivity index (χ3v) is 5.52. The molecule has 29 heavy (non-hydrogen) atoms. The molecule has 3 N–H and O–H groups in total. The van der Waals surface area contributed by atoms with E-state index in [2.05, 4.69) is 27.8 Å². The summed E-state index contributed by atoms with van der Waals surface area (Å²) in [7, 11) is 0. The maximum atomic E-state index is 13.8. The fraction of sp³-hybridized carbons (Fsp3) is 0.619. The van der Waals surface area contributed by atoms with Crippen LogP contribution in [0.2, 0.25) is 0 Å². The van der Waals surface area contributed by atoms with Gasteiger partial charge in [-0.2, -0.15) is 0 Å². The molecule has 1 amide bonds. The smallest absolute Gasteiger partial charge is 0.220 e. The van der Waals surface area contributed by atoms with Gasteiger partial charge in [0, 0.05) is 44.2 Å². The fourth-order valence-electron chi connectivity index (χ4n) is 3.78. The molecule has 0 aromatic heterocycles. The molecule has 1 aromatic carbocycles. The number of benzene rings is 1. The number of piperidine rings is 2. The van der Waals surface area contributed by atoms with Crippen molar-refractivity contribution >= 4 is 35.8 Å². The first kappa shape index (κ1) is 23.9. The Morgan fingerprint density at radius 3 is 2.69 bits per heavy atom. The predicted octanol–water partition coefficient (Wildman–Crippen LogP) is 2.49. The minimum Gasteiger partial charge on any atom is -0.357 e. The summed E-state index contributed by atoms with van der Waals surface area (Å²) in [6, 6.07) is 7.27. The summed E-state index contributed by atoms with van der Waals surface area (Å²) in [5, 5.41) is 9.64. The summed E-state index contributed by atoms with van der Waals surface area (Å²) in [4.78, 5) is 18.4. The van der Waals surface area contributed by atoms with Crippen molar-refractivity contribution in [1.29, 1.82) is 0 Å². The summed E-state index contributed by atoms with van der Waals surface area (Å²) < 4.78 is 13.8. The first-order chi connectivity index (χ1) is 13.6. The number of rotatable bonds is 6. The predicted molar refractivity (Wildman–Crippen MR) is 125 cm³/mol. The second kappa shape index (κ2) is 12.3. The van der Waals surface area contributed by atoms with Crippen LogP contribution in [0, 0.1) is 11.7 Å². The number of nitrogens with zero attached hydrogens (tertiary/aromatic N) is 2. The van der Waals surface area contributed by atoms with Crippen LogP contribution in [0.3, 0.4) is 0 Å². The zero-order chi connectivity index (χ0) is 19.8. The Hall–Kier alpha value is -1.42. The van der Waals surface area contributed by atoms with Gasteiger partial charge in [0.15, 0.2) is 5.96 Å². The standard InChI is InChI=1S/C21H32FN5O.HI/c1-2-23-21(26-18-7-8-20(28)24-14-18)25-13-16-9-11-27(12-10-16)15-17-5-3-4-6-19(17)22;/h3-6,16,18H,2,7-15H2,1H3,(H,24,28)(H2,23,25,26);1H. The summed E-state index contributed by atoms with van der Waals surface area (Å²) in [6.07, 6.45) is 3.57. The summed E-state index contributed by atoms with van der Waals surface area (Å²) in [6.45, 7) is 6.95. The van der Waals surface area contributed by atoms with E-state index >= 15 is 0 Å². The molecule has 2 heterocycles. The van der Waals surface area contributed by atoms with Gasteiger partial charge in [0.05, 0.1) is 0 Å². The van der Waals surface area contributed by atoms with Crippen LogP contribution in [0.4, 0.5) is 4.39 Å². The SMILES string of the molecule is CCNC(=NCC1CCN(Cc2ccccc2F)CC1)NC1CCC(=O)NC1.I. The van der Waals surface area contributed by atoms with Gasteiger partial charge in [-0.3, -0.25) is 14.7 Å². The average Bonchev–Trinajstić information content (AvgIpc) is 2.71. The van der Waals surface area contributed by atoms with E-state index < -0.39 is 0 Å². The lowest BCUT2D eigenvalue weighted by Crippen LogP contribution is -2.51. The van der Waals surface area contributed by atoms with Crippen molar-refractivity contribution in [2.75, 3.05) is 32.7 Å². The average molecular weight is 517 g/mol. The zero-order valence-electron chi connectivity index (χ0n) is 17.1. The number of guanidine groups is 1. The van der Waals surface area contributed by atoms with Crippen molar-refractivity contribution in [2.24, 2.45) is 10.9 Å². The summed E-state index contributed by atoms with van der Waals surface area (Å²) >= 11 is 0. The monoisotopic (exact) mass is 517 g/mol. The highest BCUT2D eigenvalue weighted by molar-refractivity contribution is 14.0. The van der Waals surface area contributed by atoms with Gasteiger partial charge in [0.25, 0.3) is 0 Å². The Kier molecular flexibility index (Phi) is 10.1. The largest absolute Gasteiger partial charge is 0.357 e. The van der Waals surface area contributed by atoms with Gasteiger partial charge in [0.2, 0.25) is 5.91 Å². The maximum Gasteiger partial charge on any atom is 0.220 e. The number of carbonyl (C=O) groups excluding carboxylic acids is 1. The van der Waals surface area contributed by atoms with E-state index in [9.17, 15) is 9.18 Å². The molecule has 1 atom stereocenters. The lowest BCUT2D eigenvalue weighted by Gasteiger charge is -2.31. The van der Waals surface area contributed by atoms with E-state index in [-0.39, 0.29) is 41.7 Å². The molecule has 0 saturated carbocycles. The third-order valence-electron chi connectivity index (χ3n) is 5.52. The summed E-state index contributed by atoms with van der Waals surface area (Å²) in [5.41, 5.74) is 0.775. The molecular weight excluding hydrogens is 484 g/mol. The molecule has 3 rings (SSSR count). The fourth-order valence-corrected chi connectivity index (χ4v) is 3.78. The first-order valence-corrected chi connectivity index (χ1v) is 10.4. The van der Waals surface area contributed by atoms with Crippen molar-refractivity contribution < 1.29 is 9.18 Å². The van der Waals surface area contributed by atoms with Crippen molar-refractivity contribution in [3.63, 3.8) is 0 Å². The van der Waals surface area contributed by atoms with Crippen LogP contribution in [0.25, 0.3) is 0 Å². The number of hydrogen-bond acceptors (Lipinski definition) is 3. The van der Waals surface area contributed by atoms with Crippen LogP contribution in [-0.2, 0) is 11.3 Å². The Morgan fingerprint density at radius 2 is 2.03 bits per heavy atom. The highest BCUT2D eigenvalue weighted by Crippen LogP contribution is 2.20. The van der Waals surface area contributed by atoms with Crippen molar-refractivity contribution in [1.82, 2.24) is 20.9 Å². The number of halogens is 2. The van der Waals surface area contributed by atoms with Crippen molar-refractivity contribution in [3.05, 3.63) is 35.6 Å². The van der Waals surface area contributed by atoms with Gasteiger partial charge in [-0.15, -0.1) is 24.0 Å². The van der Waals surface area contributed by atoms with Gasteiger partial charge in [0.1, 0.15) is 5.82 Å². The Morgan fingerprint density at radius 1 is 1.28 bits per heavy atom. The molecule has 8 heteroatoms. The van der Waals surface area contributed by atoms with E-state index in [0.29, 0.717) is 25.4 Å². The van der Waals surface area contributed by atoms with E-state index in [0.717, 1.165) is 57.0 Å². The van der Waals surface area contributed by atoms with E-state index in [1.165, 1.54) is 6.07 Å². The van der Waals surface area contributed by atoms with Gasteiger partial charge in [-0.1, -0.05) is 18.2 Å². The molecular formula is C21H33FIN5O. The molecule has 2 aliphatic rings. The van der Waals surface area contributed by atoms with Gasteiger partial charge >= 0.3 is 0 Å². The van der Waals surface area contributed by atoms with Crippen LogP contribution < -0.4 is 16.0 Å². The highest BCUT2D eigenvalue weighted by Gasteiger charge is 2.21. The van der Waals surface area contributed by atoms with Crippen molar-refractivity contribution in [2.45, 2.75) is 45.2 Å². The lowest BCUT2D eigenvalue weighted by molar-refractivity contribution is -0.122. The molecule has 0 bridgehead atoms. The van der Waals surface area contributed by atoms with E-state index in [4.69, 9.17) is 4.99 Å². The molecule has 1 aromatic rings. The van der Waals surface area contributed by atoms with E-state index in [1.807, 2.05) is 12.1 Å². The maximum absolute atomic E-state index is 13.8. The van der Waals surface area contributed by atoms with Crippen LogP contribution in [0.1, 0.15) is 38.2 Å². The van der Waals surface area contributed by atoms with Gasteiger partial charge in [-0.05, 0) is 51.3 Å². The highest BCUT2D eigenvalue weighted by atomic mass is 127. The van der Waals surface area contributed by atoms with Crippen LogP contribution in [-0.4, -0.2) is 55.5 Å². The number of hydrogen-bond donors (Lipinski definition) is 3. The van der Waals surface area contributed by atoms with Crippen LogP contribution in [0.5, 0.6) is 0 Å². The lowest BCUT2D eigenvalue weighted by atomic mass is 9.96. The van der Waals surface area contributed by atoms with Crippen LogP contribution >= 0.6 is 24.0 Å². The van der Waals surface area contributed by atoms with Gasteiger partial charge < -0.3 is 16.0 Å². The molecule has 2 saturated heterocycles. The van der Waals surface area contributed by atoms with E-state index in [1.54, 1.807) is 6.07 Å². The molecule has 6 nitrogen and oxygen atoms in total. The molecule has 0 aliphatic carbocycles. The number of amides is 1. The van der Waals surface area contributed by atoms with Crippen molar-refractivity contribution in [3.8, 4) is 0 Å². The quantitative estimate of drug-likeness (QED) is 0.308. The summed E-state index contributed by atoms with van der Waals surface area (Å²) in [5.74, 6) is 1.40. The molecule has 162 valence electrons. The minimum atomic E-state index is -0.116. The topological polar surface area (TPSA) is 68.8 Å². The Labute approximate surface area is 190 Å². The molecule has 2 aliphatic heterocycles. The minimum absolute atomic E-state index is 0. The van der Waals surface area contributed by atoms with Crippen LogP contribution in [0.15, 0.2) is 29.3 Å². The number of carbonyl (C=O) groups is 1. The first-order valence-electron chi connectivity index (χ1n) is 10.4. The number of nitrogens with one attached hydrogen (secondary N) is 3.